The van der Waals surface area contributed by atoms with Crippen LogP contribution in [0.5, 0.6) is 0 Å². The summed E-state index contributed by atoms with van der Waals surface area (Å²) in [5.74, 6) is -1.27. The maximum Gasteiger partial charge on any atom is 0.321 e. The third kappa shape index (κ3) is 4.03. The van der Waals surface area contributed by atoms with Crippen LogP contribution in [-0.2, 0) is 17.6 Å². The highest BCUT2D eigenvalue weighted by Gasteiger charge is 2.28. The predicted molar refractivity (Wildman–Crippen MR) is 90.9 cm³/mol. The van der Waals surface area contributed by atoms with Crippen molar-refractivity contribution in [2.45, 2.75) is 46.5 Å². The Morgan fingerprint density at radius 3 is 2.39 bits per heavy atom. The number of carbonyl (C=O) groups is 2. The number of anilines is 1. The number of hydrogen-bond acceptors (Lipinski definition) is 2. The van der Waals surface area contributed by atoms with Gasteiger partial charge >= 0.3 is 12.0 Å². The largest absolute Gasteiger partial charge is 0.481 e. The van der Waals surface area contributed by atoms with Crippen molar-refractivity contribution in [1.82, 2.24) is 4.90 Å². The second kappa shape index (κ2) is 7.49. The molecular weight excluding hydrogens is 292 g/mol. The highest BCUT2D eigenvalue weighted by molar-refractivity contribution is 5.91. The van der Waals surface area contributed by atoms with Crippen LogP contribution in [0.2, 0.25) is 0 Å². The lowest BCUT2D eigenvalue weighted by molar-refractivity contribution is -0.143. The van der Waals surface area contributed by atoms with E-state index < -0.39 is 11.9 Å². The van der Waals surface area contributed by atoms with E-state index >= 15 is 0 Å². The number of amides is 2. The van der Waals surface area contributed by atoms with Crippen molar-refractivity contribution in [3.05, 3.63) is 28.8 Å². The zero-order valence-corrected chi connectivity index (χ0v) is 14.2. The van der Waals surface area contributed by atoms with Gasteiger partial charge in [-0.3, -0.25) is 4.79 Å². The van der Waals surface area contributed by atoms with Gasteiger partial charge in [0, 0.05) is 18.8 Å². The van der Waals surface area contributed by atoms with Crippen molar-refractivity contribution in [3.63, 3.8) is 0 Å². The Hall–Kier alpha value is -2.04. The van der Waals surface area contributed by atoms with Gasteiger partial charge in [0.15, 0.2) is 0 Å². The molecule has 1 fully saturated rings. The molecule has 1 aliphatic rings. The van der Waals surface area contributed by atoms with Crippen molar-refractivity contribution < 1.29 is 14.7 Å². The predicted octanol–water partition coefficient (Wildman–Crippen LogP) is 3.45. The average molecular weight is 318 g/mol. The molecule has 1 unspecified atom stereocenters. The number of carbonyl (C=O) groups excluding carboxylic acids is 1. The first-order valence-electron chi connectivity index (χ1n) is 8.37. The first-order chi connectivity index (χ1) is 11.0. The smallest absolute Gasteiger partial charge is 0.321 e. The monoisotopic (exact) mass is 318 g/mol. The van der Waals surface area contributed by atoms with E-state index in [0.717, 1.165) is 36.1 Å². The SMILES string of the molecule is CCc1cc(C)cc(CC)c1NC(=O)N1CCCC(C(=O)O)C1. The first-order valence-corrected chi connectivity index (χ1v) is 8.37. The van der Waals surface area contributed by atoms with Crippen LogP contribution < -0.4 is 5.32 Å². The van der Waals surface area contributed by atoms with Crippen molar-refractivity contribution in [2.75, 3.05) is 18.4 Å². The zero-order valence-electron chi connectivity index (χ0n) is 14.2. The lowest BCUT2D eigenvalue weighted by Gasteiger charge is -2.31. The van der Waals surface area contributed by atoms with Gasteiger partial charge < -0.3 is 15.3 Å². The van der Waals surface area contributed by atoms with Crippen molar-refractivity contribution >= 4 is 17.7 Å². The molecule has 1 heterocycles. The molecule has 1 aromatic rings. The Balaban J connectivity index is 2.18. The molecule has 5 nitrogen and oxygen atoms in total. The standard InChI is InChI=1S/C18H26N2O3/c1-4-13-9-12(3)10-14(5-2)16(13)19-18(23)20-8-6-7-15(11-20)17(21)22/h9-10,15H,4-8,11H2,1-3H3,(H,19,23)(H,21,22). The fraction of sp³-hybridized carbons (Fsp3) is 0.556. The Labute approximate surface area is 137 Å². The Morgan fingerprint density at radius 1 is 1.26 bits per heavy atom. The summed E-state index contributed by atoms with van der Waals surface area (Å²) in [7, 11) is 0. The molecule has 1 saturated heterocycles. The van der Waals surface area contributed by atoms with Crippen LogP contribution in [-0.4, -0.2) is 35.1 Å². The number of hydrogen-bond donors (Lipinski definition) is 2. The molecule has 2 N–H and O–H groups in total. The summed E-state index contributed by atoms with van der Waals surface area (Å²) in [5, 5.41) is 12.2. The number of urea groups is 1. The molecule has 0 spiro atoms. The van der Waals surface area contributed by atoms with Crippen LogP contribution in [0.15, 0.2) is 12.1 Å². The number of benzene rings is 1. The number of piperidine rings is 1. The minimum Gasteiger partial charge on any atom is -0.481 e. The minimum absolute atomic E-state index is 0.191. The van der Waals surface area contributed by atoms with E-state index in [1.807, 2.05) is 0 Å². The maximum absolute atomic E-state index is 12.6. The summed E-state index contributed by atoms with van der Waals surface area (Å²) in [6.45, 7) is 7.11. The number of rotatable bonds is 4. The number of likely N-dealkylation sites (tertiary alicyclic amines) is 1. The summed E-state index contributed by atoms with van der Waals surface area (Å²) in [6.07, 6.45) is 3.08. The van der Waals surface area contributed by atoms with Crippen LogP contribution in [0, 0.1) is 12.8 Å². The van der Waals surface area contributed by atoms with Crippen LogP contribution in [0.1, 0.15) is 43.4 Å². The Bertz CT molecular complexity index is 573. The highest BCUT2D eigenvalue weighted by atomic mass is 16.4. The van der Waals surface area contributed by atoms with Crippen molar-refractivity contribution in [3.8, 4) is 0 Å². The number of carboxylic acid groups (broad SMARTS) is 1. The molecule has 1 atom stereocenters. The van der Waals surface area contributed by atoms with Gasteiger partial charge in [-0.15, -0.1) is 0 Å². The van der Waals surface area contributed by atoms with E-state index in [0.29, 0.717) is 13.0 Å². The van der Waals surface area contributed by atoms with E-state index in [9.17, 15) is 9.59 Å². The molecule has 0 aromatic heterocycles. The summed E-state index contributed by atoms with van der Waals surface area (Å²) in [4.78, 5) is 25.4. The third-order valence-electron chi connectivity index (χ3n) is 4.50. The number of carboxylic acids is 1. The van der Waals surface area contributed by atoms with Gasteiger partial charge in [0.25, 0.3) is 0 Å². The topological polar surface area (TPSA) is 69.6 Å². The number of nitrogens with one attached hydrogen (secondary N) is 1. The fourth-order valence-corrected chi connectivity index (χ4v) is 3.21. The average Bonchev–Trinajstić information content (AvgIpc) is 2.55. The molecule has 1 aromatic carbocycles. The van der Waals surface area contributed by atoms with Crippen molar-refractivity contribution in [1.29, 1.82) is 0 Å². The van der Waals surface area contributed by atoms with Gasteiger partial charge in [-0.05, 0) is 43.7 Å². The third-order valence-corrected chi connectivity index (χ3v) is 4.50. The molecule has 0 aliphatic carbocycles. The summed E-state index contributed by atoms with van der Waals surface area (Å²) in [5.41, 5.74) is 4.34. The second-order valence-corrected chi connectivity index (χ2v) is 6.22. The van der Waals surface area contributed by atoms with Gasteiger partial charge in [0.05, 0.1) is 5.92 Å². The summed E-state index contributed by atoms with van der Waals surface area (Å²) >= 11 is 0. The lowest BCUT2D eigenvalue weighted by atomic mass is 9.98. The Kier molecular flexibility index (Phi) is 5.64. The molecule has 2 rings (SSSR count). The lowest BCUT2D eigenvalue weighted by Crippen LogP contribution is -2.44. The van der Waals surface area contributed by atoms with E-state index in [4.69, 9.17) is 5.11 Å². The van der Waals surface area contributed by atoms with Gasteiger partial charge in [-0.1, -0.05) is 31.5 Å². The second-order valence-electron chi connectivity index (χ2n) is 6.22. The van der Waals surface area contributed by atoms with Gasteiger partial charge in [-0.25, -0.2) is 4.79 Å². The molecule has 1 aliphatic heterocycles. The highest BCUT2D eigenvalue weighted by Crippen LogP contribution is 2.26. The van der Waals surface area contributed by atoms with E-state index in [1.54, 1.807) is 4.90 Å². The molecule has 23 heavy (non-hydrogen) atoms. The number of nitrogens with zero attached hydrogens (tertiary/aromatic N) is 1. The molecule has 2 amide bonds. The van der Waals surface area contributed by atoms with E-state index in [1.165, 1.54) is 5.56 Å². The molecule has 0 radical (unpaired) electrons. The van der Waals surface area contributed by atoms with E-state index in [2.05, 4.69) is 38.2 Å². The first kappa shape index (κ1) is 17.3. The normalized spacial score (nSPS) is 17.9. The summed E-state index contributed by atoms with van der Waals surface area (Å²) in [6, 6.07) is 4.01. The molecular formula is C18H26N2O3. The van der Waals surface area contributed by atoms with Crippen LogP contribution in [0.3, 0.4) is 0 Å². The zero-order chi connectivity index (χ0) is 17.0. The van der Waals surface area contributed by atoms with Crippen LogP contribution in [0.25, 0.3) is 0 Å². The van der Waals surface area contributed by atoms with E-state index in [-0.39, 0.29) is 12.6 Å². The fourth-order valence-electron chi connectivity index (χ4n) is 3.21. The molecule has 5 heteroatoms. The van der Waals surface area contributed by atoms with Crippen LogP contribution >= 0.6 is 0 Å². The Morgan fingerprint density at radius 2 is 1.87 bits per heavy atom. The van der Waals surface area contributed by atoms with Gasteiger partial charge in [0.1, 0.15) is 0 Å². The minimum atomic E-state index is -0.818. The molecule has 0 saturated carbocycles. The van der Waals surface area contributed by atoms with Gasteiger partial charge in [-0.2, -0.15) is 0 Å². The van der Waals surface area contributed by atoms with Crippen molar-refractivity contribution in [2.24, 2.45) is 5.92 Å². The maximum atomic E-state index is 12.6. The quantitative estimate of drug-likeness (QED) is 0.893. The number of aryl methyl sites for hydroxylation is 3. The molecule has 126 valence electrons. The summed E-state index contributed by atoms with van der Waals surface area (Å²) < 4.78 is 0. The number of aliphatic carboxylic acids is 1. The van der Waals surface area contributed by atoms with Gasteiger partial charge in [0.2, 0.25) is 0 Å². The molecule has 0 bridgehead atoms. The van der Waals surface area contributed by atoms with Crippen LogP contribution in [0.4, 0.5) is 10.5 Å².